The normalized spacial score (nSPS) is 10.0. The zero-order valence-corrected chi connectivity index (χ0v) is 9.69. The summed E-state index contributed by atoms with van der Waals surface area (Å²) in [7, 11) is 3.33. The van der Waals surface area contributed by atoms with Gasteiger partial charge in [-0.15, -0.1) is 0 Å². The third-order valence-electron chi connectivity index (χ3n) is 1.48. The molecular weight excluding hydrogens is 222 g/mol. The smallest absolute Gasteiger partial charge is 0.272 e. The Balaban J connectivity index is 3.09. The van der Waals surface area contributed by atoms with E-state index in [0.717, 1.165) is 0 Å². The minimum absolute atomic E-state index is 0.176. The van der Waals surface area contributed by atoms with Gasteiger partial charge in [-0.05, 0) is 6.26 Å². The van der Waals surface area contributed by atoms with Gasteiger partial charge in [-0.3, -0.25) is 4.79 Å². The summed E-state index contributed by atoms with van der Waals surface area (Å²) < 4.78 is 0. The molecular formula is C8H10ClN3OS. The van der Waals surface area contributed by atoms with E-state index < -0.39 is 0 Å². The molecule has 4 nitrogen and oxygen atoms in total. The van der Waals surface area contributed by atoms with Gasteiger partial charge in [0.05, 0.1) is 0 Å². The summed E-state index contributed by atoms with van der Waals surface area (Å²) in [6, 6.07) is 1.46. The summed E-state index contributed by atoms with van der Waals surface area (Å²) in [6.45, 7) is 0. The van der Waals surface area contributed by atoms with Gasteiger partial charge in [-0.25, -0.2) is 9.97 Å². The first kappa shape index (κ1) is 11.3. The minimum Gasteiger partial charge on any atom is -0.343 e. The molecule has 0 aromatic carbocycles. The molecule has 1 heterocycles. The Morgan fingerprint density at radius 2 is 2.14 bits per heavy atom. The number of halogens is 1. The number of hydrogen-bond acceptors (Lipinski definition) is 4. The molecule has 0 bridgehead atoms. The van der Waals surface area contributed by atoms with Crippen molar-refractivity contribution in [2.45, 2.75) is 5.16 Å². The molecule has 14 heavy (non-hydrogen) atoms. The number of thioether (sulfide) groups is 1. The van der Waals surface area contributed by atoms with Crippen LogP contribution < -0.4 is 0 Å². The van der Waals surface area contributed by atoms with Crippen molar-refractivity contribution >= 4 is 29.3 Å². The van der Waals surface area contributed by atoms with Crippen LogP contribution in [0.3, 0.4) is 0 Å². The van der Waals surface area contributed by atoms with Crippen molar-refractivity contribution in [2.75, 3.05) is 20.4 Å². The molecule has 1 aromatic rings. The number of hydrogen-bond donors (Lipinski definition) is 0. The van der Waals surface area contributed by atoms with Gasteiger partial charge in [0.15, 0.2) is 5.16 Å². The molecule has 1 amide bonds. The molecule has 1 rings (SSSR count). The van der Waals surface area contributed by atoms with Crippen LogP contribution in [0.15, 0.2) is 11.2 Å². The van der Waals surface area contributed by atoms with Gasteiger partial charge >= 0.3 is 0 Å². The summed E-state index contributed by atoms with van der Waals surface area (Å²) in [6.07, 6.45) is 1.83. The van der Waals surface area contributed by atoms with Crippen LogP contribution in [0.1, 0.15) is 10.5 Å². The number of carbonyl (C=O) groups excluding carboxylic acids is 1. The Hall–Kier alpha value is -0.810. The standard InChI is InChI=1S/C8H10ClN3OS/c1-12(2)7(13)5-4-6(9)11-8(10-5)14-3/h4H,1-3H3. The molecule has 0 aliphatic heterocycles. The Morgan fingerprint density at radius 1 is 1.50 bits per heavy atom. The lowest BCUT2D eigenvalue weighted by Gasteiger charge is -2.09. The highest BCUT2D eigenvalue weighted by Crippen LogP contribution is 2.14. The van der Waals surface area contributed by atoms with E-state index in [4.69, 9.17) is 11.6 Å². The molecule has 0 saturated carbocycles. The lowest BCUT2D eigenvalue weighted by molar-refractivity contribution is 0.0821. The molecule has 0 spiro atoms. The van der Waals surface area contributed by atoms with Crippen molar-refractivity contribution in [1.82, 2.24) is 14.9 Å². The maximum Gasteiger partial charge on any atom is 0.272 e. The monoisotopic (exact) mass is 231 g/mol. The highest BCUT2D eigenvalue weighted by molar-refractivity contribution is 7.98. The van der Waals surface area contributed by atoms with Crippen molar-refractivity contribution in [3.8, 4) is 0 Å². The SMILES string of the molecule is CSc1nc(Cl)cc(C(=O)N(C)C)n1. The van der Waals surface area contributed by atoms with E-state index in [1.807, 2.05) is 6.26 Å². The quantitative estimate of drug-likeness (QED) is 0.440. The summed E-state index contributed by atoms with van der Waals surface area (Å²) in [5, 5.41) is 0.789. The second-order valence-electron chi connectivity index (χ2n) is 2.76. The van der Waals surface area contributed by atoms with E-state index in [1.165, 1.54) is 22.7 Å². The molecule has 0 atom stereocenters. The minimum atomic E-state index is -0.176. The highest BCUT2D eigenvalue weighted by atomic mass is 35.5. The molecule has 0 unspecified atom stereocenters. The molecule has 0 radical (unpaired) electrons. The van der Waals surface area contributed by atoms with Crippen molar-refractivity contribution in [1.29, 1.82) is 0 Å². The largest absolute Gasteiger partial charge is 0.343 e. The van der Waals surface area contributed by atoms with E-state index in [2.05, 4.69) is 9.97 Å². The molecule has 0 N–H and O–H groups in total. The van der Waals surface area contributed by atoms with Crippen molar-refractivity contribution in [2.24, 2.45) is 0 Å². The predicted molar refractivity (Wildman–Crippen MR) is 56.8 cm³/mol. The summed E-state index contributed by atoms with van der Waals surface area (Å²) in [4.78, 5) is 21.0. The number of amides is 1. The average Bonchev–Trinajstić information content (AvgIpc) is 2.15. The molecule has 0 aliphatic rings. The van der Waals surface area contributed by atoms with E-state index >= 15 is 0 Å². The Labute approximate surface area is 91.7 Å². The van der Waals surface area contributed by atoms with E-state index in [0.29, 0.717) is 10.9 Å². The third-order valence-corrected chi connectivity index (χ3v) is 2.22. The fourth-order valence-corrected chi connectivity index (χ4v) is 1.44. The van der Waals surface area contributed by atoms with Crippen LogP contribution in [0, 0.1) is 0 Å². The molecule has 1 aromatic heterocycles. The van der Waals surface area contributed by atoms with Crippen LogP contribution in [0.2, 0.25) is 5.15 Å². The highest BCUT2D eigenvalue weighted by Gasteiger charge is 2.12. The van der Waals surface area contributed by atoms with Gasteiger partial charge in [0.25, 0.3) is 5.91 Å². The lowest BCUT2D eigenvalue weighted by atomic mass is 10.4. The summed E-state index contributed by atoms with van der Waals surface area (Å²) in [5.41, 5.74) is 0.319. The van der Waals surface area contributed by atoms with Crippen LogP contribution in [-0.2, 0) is 0 Å². The predicted octanol–water partition coefficient (Wildman–Crippen LogP) is 1.55. The van der Waals surface area contributed by atoms with Crippen LogP contribution in [0.4, 0.5) is 0 Å². The summed E-state index contributed by atoms with van der Waals surface area (Å²) in [5.74, 6) is -0.176. The van der Waals surface area contributed by atoms with E-state index in [-0.39, 0.29) is 11.1 Å². The Kier molecular flexibility index (Phi) is 3.71. The zero-order chi connectivity index (χ0) is 10.7. The second kappa shape index (κ2) is 4.61. The number of aromatic nitrogens is 2. The first-order valence-corrected chi connectivity index (χ1v) is 5.45. The molecule has 0 saturated heterocycles. The maximum atomic E-state index is 11.5. The fraction of sp³-hybridized carbons (Fsp3) is 0.375. The van der Waals surface area contributed by atoms with Crippen LogP contribution in [0.25, 0.3) is 0 Å². The summed E-state index contributed by atoms with van der Waals surface area (Å²) >= 11 is 7.09. The lowest BCUT2D eigenvalue weighted by Crippen LogP contribution is -2.23. The van der Waals surface area contributed by atoms with Gasteiger partial charge in [0, 0.05) is 20.2 Å². The van der Waals surface area contributed by atoms with Gasteiger partial charge in [0.2, 0.25) is 0 Å². The second-order valence-corrected chi connectivity index (χ2v) is 3.92. The van der Waals surface area contributed by atoms with Crippen molar-refractivity contribution in [3.63, 3.8) is 0 Å². The van der Waals surface area contributed by atoms with Crippen molar-refractivity contribution in [3.05, 3.63) is 16.9 Å². The fourth-order valence-electron chi connectivity index (χ4n) is 0.827. The molecule has 6 heteroatoms. The first-order chi connectivity index (χ1) is 6.54. The van der Waals surface area contributed by atoms with E-state index in [1.54, 1.807) is 14.1 Å². The van der Waals surface area contributed by atoms with Crippen LogP contribution >= 0.6 is 23.4 Å². The topological polar surface area (TPSA) is 46.1 Å². The molecule has 0 aliphatic carbocycles. The molecule has 76 valence electrons. The average molecular weight is 232 g/mol. The van der Waals surface area contributed by atoms with Crippen LogP contribution in [-0.4, -0.2) is 41.1 Å². The van der Waals surface area contributed by atoms with Crippen molar-refractivity contribution < 1.29 is 4.79 Å². The van der Waals surface area contributed by atoms with Gasteiger partial charge in [-0.2, -0.15) is 0 Å². The molecule has 0 fully saturated rings. The maximum absolute atomic E-state index is 11.5. The third kappa shape index (κ3) is 2.59. The Bertz CT molecular complexity index is 356. The zero-order valence-electron chi connectivity index (χ0n) is 8.11. The van der Waals surface area contributed by atoms with Gasteiger partial charge in [-0.1, -0.05) is 23.4 Å². The van der Waals surface area contributed by atoms with Gasteiger partial charge < -0.3 is 4.90 Å². The van der Waals surface area contributed by atoms with Gasteiger partial charge in [0.1, 0.15) is 10.8 Å². The number of nitrogens with zero attached hydrogens (tertiary/aromatic N) is 3. The Morgan fingerprint density at radius 3 is 2.64 bits per heavy atom. The number of carbonyl (C=O) groups is 1. The van der Waals surface area contributed by atoms with E-state index in [9.17, 15) is 4.79 Å². The van der Waals surface area contributed by atoms with Crippen LogP contribution in [0.5, 0.6) is 0 Å². The number of rotatable bonds is 2. The first-order valence-electron chi connectivity index (χ1n) is 3.85.